The number of ether oxygens (including phenoxy) is 1. The fourth-order valence-electron chi connectivity index (χ4n) is 2.97. The Bertz CT molecular complexity index is 764. The number of hydrogen-bond donors (Lipinski definition) is 1. The maximum atomic E-state index is 13.0. The van der Waals surface area contributed by atoms with Crippen molar-refractivity contribution in [2.75, 3.05) is 13.2 Å². The van der Waals surface area contributed by atoms with Gasteiger partial charge in [0.25, 0.3) is 5.91 Å². The van der Waals surface area contributed by atoms with Crippen molar-refractivity contribution in [1.29, 1.82) is 0 Å². The van der Waals surface area contributed by atoms with Crippen LogP contribution in [-0.2, 0) is 10.3 Å². The predicted molar refractivity (Wildman–Crippen MR) is 95.6 cm³/mol. The van der Waals surface area contributed by atoms with Gasteiger partial charge in [0.05, 0.1) is 6.54 Å². The van der Waals surface area contributed by atoms with Crippen LogP contribution in [0.25, 0.3) is 0 Å². The first kappa shape index (κ1) is 17.3. The van der Waals surface area contributed by atoms with Gasteiger partial charge in [0.2, 0.25) is 0 Å². The van der Waals surface area contributed by atoms with E-state index in [1.54, 1.807) is 24.3 Å². The van der Waals surface area contributed by atoms with Gasteiger partial charge in [0.15, 0.2) is 0 Å². The van der Waals surface area contributed by atoms with E-state index in [0.717, 1.165) is 5.56 Å². The fraction of sp³-hybridized carbons (Fsp3) is 0.263. The van der Waals surface area contributed by atoms with Gasteiger partial charge in [-0.25, -0.2) is 4.79 Å². The van der Waals surface area contributed by atoms with Crippen LogP contribution in [-0.4, -0.2) is 30.0 Å². The average molecular weight is 359 g/mol. The summed E-state index contributed by atoms with van der Waals surface area (Å²) in [6, 6.07) is 15.9. The molecule has 1 aliphatic heterocycles. The number of hydrogen-bond acceptors (Lipinski definition) is 3. The number of benzene rings is 2. The number of urea groups is 1. The third kappa shape index (κ3) is 3.33. The van der Waals surface area contributed by atoms with E-state index in [-0.39, 0.29) is 19.1 Å². The van der Waals surface area contributed by atoms with Crippen molar-refractivity contribution in [3.05, 3.63) is 65.2 Å². The maximum Gasteiger partial charge on any atom is 0.325 e. The van der Waals surface area contributed by atoms with Crippen LogP contribution < -0.4 is 10.1 Å². The number of rotatable bonds is 6. The van der Waals surface area contributed by atoms with E-state index in [2.05, 4.69) is 5.32 Å². The van der Waals surface area contributed by atoms with Gasteiger partial charge in [0.1, 0.15) is 17.9 Å². The molecular weight excluding hydrogens is 340 g/mol. The second-order valence-electron chi connectivity index (χ2n) is 5.81. The molecule has 3 rings (SSSR count). The van der Waals surface area contributed by atoms with Crippen LogP contribution in [0.15, 0.2) is 54.6 Å². The highest BCUT2D eigenvalue weighted by Gasteiger charge is 2.50. The average Bonchev–Trinajstić information content (AvgIpc) is 2.88. The first-order valence-corrected chi connectivity index (χ1v) is 8.52. The van der Waals surface area contributed by atoms with Crippen LogP contribution in [0, 0.1) is 0 Å². The van der Waals surface area contributed by atoms with E-state index >= 15 is 0 Å². The van der Waals surface area contributed by atoms with Gasteiger partial charge in [0, 0.05) is 5.02 Å². The molecule has 0 bridgehead atoms. The van der Waals surface area contributed by atoms with Crippen molar-refractivity contribution >= 4 is 23.5 Å². The molecule has 6 heteroatoms. The van der Waals surface area contributed by atoms with Crippen LogP contribution in [0.1, 0.15) is 18.9 Å². The molecular formula is C19H19ClN2O3. The van der Waals surface area contributed by atoms with Crippen LogP contribution in [0.5, 0.6) is 5.75 Å². The molecule has 1 aliphatic rings. The molecule has 1 N–H and O–H groups in total. The summed E-state index contributed by atoms with van der Waals surface area (Å²) in [4.78, 5) is 26.5. The van der Waals surface area contributed by atoms with E-state index < -0.39 is 11.6 Å². The summed E-state index contributed by atoms with van der Waals surface area (Å²) < 4.78 is 5.60. The lowest BCUT2D eigenvalue weighted by Crippen LogP contribution is -2.43. The number of imide groups is 1. The molecule has 0 aromatic heterocycles. The Morgan fingerprint density at radius 3 is 2.40 bits per heavy atom. The van der Waals surface area contributed by atoms with Gasteiger partial charge in [-0.2, -0.15) is 0 Å². The summed E-state index contributed by atoms with van der Waals surface area (Å²) in [5, 5.41) is 3.42. The fourth-order valence-corrected chi connectivity index (χ4v) is 3.10. The highest BCUT2D eigenvalue weighted by atomic mass is 35.5. The topological polar surface area (TPSA) is 58.6 Å². The number of carbonyl (C=O) groups is 2. The maximum absolute atomic E-state index is 13.0. The second kappa shape index (κ2) is 7.15. The zero-order valence-corrected chi connectivity index (χ0v) is 14.6. The number of carbonyl (C=O) groups excluding carboxylic acids is 2. The summed E-state index contributed by atoms with van der Waals surface area (Å²) in [7, 11) is 0. The zero-order chi connectivity index (χ0) is 17.9. The van der Waals surface area contributed by atoms with Crippen molar-refractivity contribution in [2.45, 2.75) is 18.9 Å². The van der Waals surface area contributed by atoms with Crippen molar-refractivity contribution in [3.8, 4) is 5.75 Å². The molecule has 0 saturated carbocycles. The lowest BCUT2D eigenvalue weighted by Gasteiger charge is -2.25. The minimum Gasteiger partial charge on any atom is -0.492 e. The minimum absolute atomic E-state index is 0.189. The van der Waals surface area contributed by atoms with Gasteiger partial charge < -0.3 is 10.1 Å². The van der Waals surface area contributed by atoms with Crippen molar-refractivity contribution in [2.24, 2.45) is 0 Å². The number of amides is 3. The molecule has 5 nitrogen and oxygen atoms in total. The Kier molecular flexibility index (Phi) is 4.95. The lowest BCUT2D eigenvalue weighted by molar-refractivity contribution is -0.132. The zero-order valence-electron chi connectivity index (χ0n) is 13.9. The van der Waals surface area contributed by atoms with E-state index in [1.807, 2.05) is 37.3 Å². The molecule has 2 aromatic rings. The molecule has 0 spiro atoms. The highest BCUT2D eigenvalue weighted by Crippen LogP contribution is 2.33. The Balaban J connectivity index is 1.73. The summed E-state index contributed by atoms with van der Waals surface area (Å²) >= 11 is 5.93. The van der Waals surface area contributed by atoms with Gasteiger partial charge in [-0.3, -0.25) is 9.69 Å². The molecule has 3 amide bonds. The third-order valence-corrected chi connectivity index (χ3v) is 4.62. The van der Waals surface area contributed by atoms with E-state index in [0.29, 0.717) is 17.2 Å². The van der Waals surface area contributed by atoms with Gasteiger partial charge in [-0.05, 0) is 36.2 Å². The normalized spacial score (nSPS) is 19.8. The van der Waals surface area contributed by atoms with Crippen molar-refractivity contribution < 1.29 is 14.3 Å². The van der Waals surface area contributed by atoms with Crippen LogP contribution in [0.3, 0.4) is 0 Å². The lowest BCUT2D eigenvalue weighted by atomic mass is 9.87. The number of nitrogens with zero attached hydrogens (tertiary/aromatic N) is 1. The van der Waals surface area contributed by atoms with Crippen LogP contribution in [0.4, 0.5) is 4.79 Å². The molecule has 25 heavy (non-hydrogen) atoms. The van der Waals surface area contributed by atoms with Gasteiger partial charge >= 0.3 is 6.03 Å². The Labute approximate surface area is 151 Å². The first-order valence-electron chi connectivity index (χ1n) is 8.15. The molecule has 1 saturated heterocycles. The van der Waals surface area contributed by atoms with Gasteiger partial charge in [-0.1, -0.05) is 48.9 Å². The summed E-state index contributed by atoms with van der Waals surface area (Å²) in [5.41, 5.74) is -0.321. The standard InChI is InChI=1S/C19H19ClN2O3/c1-2-19(14-8-10-15(20)11-9-14)17(23)22(18(24)21-19)12-13-25-16-6-4-3-5-7-16/h3-11H,2,12-13H2,1H3,(H,21,24)/t19-/m1/s1. The SMILES string of the molecule is CC[C@]1(c2ccc(Cl)cc2)NC(=O)N(CCOc2ccccc2)C1=O. The first-order chi connectivity index (χ1) is 12.1. The molecule has 130 valence electrons. The van der Waals surface area contributed by atoms with Crippen molar-refractivity contribution in [1.82, 2.24) is 10.2 Å². The largest absolute Gasteiger partial charge is 0.492 e. The van der Waals surface area contributed by atoms with Crippen molar-refractivity contribution in [3.63, 3.8) is 0 Å². The second-order valence-corrected chi connectivity index (χ2v) is 6.25. The molecule has 2 aromatic carbocycles. The Hall–Kier alpha value is -2.53. The van der Waals surface area contributed by atoms with Crippen LogP contribution >= 0.6 is 11.6 Å². The molecule has 0 aliphatic carbocycles. The molecule has 1 heterocycles. The Morgan fingerprint density at radius 2 is 1.76 bits per heavy atom. The van der Waals surface area contributed by atoms with E-state index in [1.165, 1.54) is 4.90 Å². The van der Waals surface area contributed by atoms with Crippen LogP contribution in [0.2, 0.25) is 5.02 Å². The smallest absolute Gasteiger partial charge is 0.325 e. The number of halogens is 1. The minimum atomic E-state index is -1.05. The predicted octanol–water partition coefficient (Wildman–Crippen LogP) is 3.58. The summed E-state index contributed by atoms with van der Waals surface area (Å²) in [6.45, 7) is 2.30. The summed E-state index contributed by atoms with van der Waals surface area (Å²) in [5.74, 6) is 0.438. The quantitative estimate of drug-likeness (QED) is 0.803. The van der Waals surface area contributed by atoms with E-state index in [9.17, 15) is 9.59 Å². The third-order valence-electron chi connectivity index (χ3n) is 4.37. The molecule has 1 fully saturated rings. The molecule has 0 radical (unpaired) electrons. The summed E-state index contributed by atoms with van der Waals surface area (Å²) in [6.07, 6.45) is 0.454. The monoisotopic (exact) mass is 358 g/mol. The van der Waals surface area contributed by atoms with E-state index in [4.69, 9.17) is 16.3 Å². The van der Waals surface area contributed by atoms with Gasteiger partial charge in [-0.15, -0.1) is 0 Å². The molecule has 0 unspecified atom stereocenters. The number of para-hydroxylation sites is 1. The molecule has 1 atom stereocenters. The number of nitrogens with one attached hydrogen (secondary N) is 1. The highest BCUT2D eigenvalue weighted by molar-refractivity contribution is 6.30. The Morgan fingerprint density at radius 1 is 1.08 bits per heavy atom.